The molecule has 0 radical (unpaired) electrons. The van der Waals surface area contributed by atoms with Crippen LogP contribution in [0.1, 0.15) is 24.0 Å². The molecular weight excluding hydrogens is 509 g/mol. The summed E-state index contributed by atoms with van der Waals surface area (Å²) >= 11 is 12.4. The molecule has 0 aromatic heterocycles. The fourth-order valence-corrected chi connectivity index (χ4v) is 5.46. The minimum absolute atomic E-state index is 0.0171. The first-order valence-electron chi connectivity index (χ1n) is 12.5. The number of likely N-dealkylation sites (tertiary alicyclic amines) is 1. The first-order chi connectivity index (χ1) is 18.0. The second-order valence-electron chi connectivity index (χ2n) is 9.54. The van der Waals surface area contributed by atoms with Crippen molar-refractivity contribution in [3.05, 3.63) is 94.0 Å². The van der Waals surface area contributed by atoms with Crippen molar-refractivity contribution in [1.82, 2.24) is 10.2 Å². The lowest BCUT2D eigenvalue weighted by atomic mass is 9.95. The van der Waals surface area contributed by atoms with Crippen LogP contribution in [0.15, 0.2) is 72.8 Å². The number of nitrogens with zero attached hydrogens (tertiary/aromatic N) is 2. The Bertz CT molecular complexity index is 1270. The maximum Gasteiger partial charge on any atom is 0.263 e. The van der Waals surface area contributed by atoms with Crippen LogP contribution in [-0.2, 0) is 22.7 Å². The first-order valence-corrected chi connectivity index (χ1v) is 13.3. The summed E-state index contributed by atoms with van der Waals surface area (Å²) in [5.41, 5.74) is 2.70. The quantitative estimate of drug-likeness (QED) is 0.462. The van der Waals surface area contributed by atoms with Crippen LogP contribution < -0.4 is 15.0 Å². The number of nitrogens with one attached hydrogen (secondary N) is 1. The van der Waals surface area contributed by atoms with Gasteiger partial charge in [-0.05, 0) is 54.8 Å². The SMILES string of the molecule is O=C(NCc1ccccc1)[C@H]1CN(C(=O)[C@@H]2CCCN(Cc3ccc(Cl)cc3Cl)C2)c2ccccc2O1. The molecule has 2 aliphatic heterocycles. The van der Waals surface area contributed by atoms with Gasteiger partial charge in [-0.15, -0.1) is 0 Å². The predicted octanol–water partition coefficient (Wildman–Crippen LogP) is 5.32. The number of carbonyl (C=O) groups excluding carboxylic acids is 2. The van der Waals surface area contributed by atoms with Crippen LogP contribution in [0.5, 0.6) is 5.75 Å². The number of ether oxygens (including phenoxy) is 1. The third-order valence-electron chi connectivity index (χ3n) is 6.91. The van der Waals surface area contributed by atoms with Crippen LogP contribution in [0.25, 0.3) is 0 Å². The van der Waals surface area contributed by atoms with E-state index in [2.05, 4.69) is 10.2 Å². The van der Waals surface area contributed by atoms with Crippen molar-refractivity contribution >= 4 is 40.7 Å². The summed E-state index contributed by atoms with van der Waals surface area (Å²) in [6.07, 6.45) is 0.929. The van der Waals surface area contributed by atoms with E-state index < -0.39 is 6.10 Å². The zero-order valence-corrected chi connectivity index (χ0v) is 21.9. The van der Waals surface area contributed by atoms with E-state index >= 15 is 0 Å². The molecule has 5 rings (SSSR count). The normalized spacial score (nSPS) is 19.6. The Morgan fingerprint density at radius 2 is 1.76 bits per heavy atom. The minimum Gasteiger partial charge on any atom is -0.477 e. The molecule has 0 saturated carbocycles. The number of para-hydroxylation sites is 2. The third-order valence-corrected chi connectivity index (χ3v) is 7.49. The molecule has 6 nitrogen and oxygen atoms in total. The number of hydrogen-bond acceptors (Lipinski definition) is 4. The second-order valence-corrected chi connectivity index (χ2v) is 10.4. The molecule has 3 aromatic carbocycles. The molecule has 2 aliphatic rings. The molecule has 0 spiro atoms. The molecular formula is C29H29Cl2N3O3. The van der Waals surface area contributed by atoms with E-state index in [9.17, 15) is 9.59 Å². The van der Waals surface area contributed by atoms with Crippen LogP contribution >= 0.6 is 23.2 Å². The Balaban J connectivity index is 1.28. The third kappa shape index (κ3) is 6.09. The summed E-state index contributed by atoms with van der Waals surface area (Å²) in [7, 11) is 0. The van der Waals surface area contributed by atoms with Gasteiger partial charge in [0.2, 0.25) is 5.91 Å². The Kier molecular flexibility index (Phi) is 7.99. The molecule has 2 atom stereocenters. The number of hydrogen-bond donors (Lipinski definition) is 1. The van der Waals surface area contributed by atoms with E-state index in [0.717, 1.165) is 30.5 Å². The molecule has 1 fully saturated rings. The van der Waals surface area contributed by atoms with Gasteiger partial charge in [-0.2, -0.15) is 0 Å². The fraction of sp³-hybridized carbons (Fsp3) is 0.310. The van der Waals surface area contributed by atoms with Gasteiger partial charge >= 0.3 is 0 Å². The van der Waals surface area contributed by atoms with E-state index in [4.69, 9.17) is 27.9 Å². The largest absolute Gasteiger partial charge is 0.477 e. The lowest BCUT2D eigenvalue weighted by molar-refractivity contribution is -0.129. The number of amides is 2. The number of halogens is 2. The monoisotopic (exact) mass is 537 g/mol. The summed E-state index contributed by atoms with van der Waals surface area (Å²) in [5.74, 6) is 0.143. The van der Waals surface area contributed by atoms with E-state index in [0.29, 0.717) is 41.1 Å². The van der Waals surface area contributed by atoms with Crippen LogP contribution in [0.4, 0.5) is 5.69 Å². The van der Waals surface area contributed by atoms with Crippen molar-refractivity contribution < 1.29 is 14.3 Å². The maximum atomic E-state index is 13.8. The van der Waals surface area contributed by atoms with Crippen LogP contribution in [-0.4, -0.2) is 42.5 Å². The van der Waals surface area contributed by atoms with Crippen molar-refractivity contribution in [3.63, 3.8) is 0 Å². The van der Waals surface area contributed by atoms with Gasteiger partial charge in [-0.25, -0.2) is 0 Å². The molecule has 0 aliphatic carbocycles. The number of anilines is 1. The predicted molar refractivity (Wildman–Crippen MR) is 146 cm³/mol. The first kappa shape index (κ1) is 25.6. The molecule has 3 aromatic rings. The molecule has 1 N–H and O–H groups in total. The van der Waals surface area contributed by atoms with Gasteiger partial charge in [0.05, 0.1) is 18.2 Å². The second kappa shape index (κ2) is 11.5. The highest BCUT2D eigenvalue weighted by molar-refractivity contribution is 6.35. The molecule has 8 heteroatoms. The lowest BCUT2D eigenvalue weighted by Crippen LogP contribution is -2.53. The van der Waals surface area contributed by atoms with Crippen molar-refractivity contribution in [2.24, 2.45) is 5.92 Å². The topological polar surface area (TPSA) is 61.9 Å². The van der Waals surface area contributed by atoms with Gasteiger partial charge in [0, 0.05) is 29.7 Å². The van der Waals surface area contributed by atoms with E-state index in [-0.39, 0.29) is 24.3 Å². The van der Waals surface area contributed by atoms with Crippen LogP contribution in [0.3, 0.4) is 0 Å². The summed E-state index contributed by atoms with van der Waals surface area (Å²) < 4.78 is 6.03. The van der Waals surface area contributed by atoms with Crippen molar-refractivity contribution in [1.29, 1.82) is 0 Å². The fourth-order valence-electron chi connectivity index (χ4n) is 4.99. The molecule has 0 bridgehead atoms. The zero-order chi connectivity index (χ0) is 25.8. The van der Waals surface area contributed by atoms with E-state index in [1.807, 2.05) is 66.7 Å². The Hall–Kier alpha value is -3.06. The summed E-state index contributed by atoms with van der Waals surface area (Å²) in [4.78, 5) is 30.9. The molecule has 2 heterocycles. The minimum atomic E-state index is -0.782. The van der Waals surface area contributed by atoms with Crippen molar-refractivity contribution in [2.45, 2.75) is 32.0 Å². The summed E-state index contributed by atoms with van der Waals surface area (Å²) in [5, 5.41) is 4.19. The van der Waals surface area contributed by atoms with Gasteiger partial charge in [0.1, 0.15) is 5.75 Å². The standard InChI is InChI=1S/C29H29Cl2N3O3/c30-23-13-12-21(24(31)15-23)17-33-14-6-9-22(18-33)29(36)34-19-27(37-26-11-5-4-10-25(26)34)28(35)32-16-20-7-2-1-3-8-20/h1-5,7-8,10-13,15,22,27H,6,9,14,16-19H2,(H,32,35)/t22-,27-/m1/s1. The van der Waals surface area contributed by atoms with E-state index in [1.165, 1.54) is 0 Å². The van der Waals surface area contributed by atoms with Crippen LogP contribution in [0, 0.1) is 5.92 Å². The highest BCUT2D eigenvalue weighted by Crippen LogP contribution is 2.35. The number of piperidine rings is 1. The van der Waals surface area contributed by atoms with Gasteiger partial charge < -0.3 is 15.0 Å². The highest BCUT2D eigenvalue weighted by atomic mass is 35.5. The van der Waals surface area contributed by atoms with Gasteiger partial charge in [0.25, 0.3) is 5.91 Å². The molecule has 0 unspecified atom stereocenters. The average Bonchev–Trinajstić information content (AvgIpc) is 2.93. The summed E-state index contributed by atoms with van der Waals surface area (Å²) in [6.45, 7) is 2.76. The number of fused-ring (bicyclic) bond motifs is 1. The lowest BCUT2D eigenvalue weighted by Gasteiger charge is -2.38. The van der Waals surface area contributed by atoms with Gasteiger partial charge in [-0.1, -0.05) is 71.7 Å². The van der Waals surface area contributed by atoms with Gasteiger partial charge in [-0.3, -0.25) is 14.5 Å². The molecule has 192 valence electrons. The molecule has 1 saturated heterocycles. The summed E-state index contributed by atoms with van der Waals surface area (Å²) in [6, 6.07) is 22.7. The van der Waals surface area contributed by atoms with Crippen LogP contribution in [0.2, 0.25) is 10.0 Å². The van der Waals surface area contributed by atoms with E-state index in [1.54, 1.807) is 11.0 Å². The van der Waals surface area contributed by atoms with Gasteiger partial charge in [0.15, 0.2) is 6.10 Å². The Morgan fingerprint density at radius 3 is 2.57 bits per heavy atom. The Morgan fingerprint density at radius 1 is 0.973 bits per heavy atom. The smallest absolute Gasteiger partial charge is 0.263 e. The Labute approximate surface area is 227 Å². The molecule has 2 amide bonds. The number of benzene rings is 3. The number of rotatable bonds is 6. The highest BCUT2D eigenvalue weighted by Gasteiger charge is 2.37. The molecule has 37 heavy (non-hydrogen) atoms. The average molecular weight is 538 g/mol. The van der Waals surface area contributed by atoms with Crippen molar-refractivity contribution in [2.75, 3.05) is 24.5 Å². The zero-order valence-electron chi connectivity index (χ0n) is 20.4. The van der Waals surface area contributed by atoms with Crippen molar-refractivity contribution in [3.8, 4) is 5.75 Å². The number of carbonyl (C=O) groups is 2. The maximum absolute atomic E-state index is 13.8.